The van der Waals surface area contributed by atoms with Crippen LogP contribution in [0.1, 0.15) is 46.0 Å². The van der Waals surface area contributed by atoms with Crippen LogP contribution >= 0.6 is 0 Å². The Hall–Kier alpha value is -4.12. The lowest BCUT2D eigenvalue weighted by atomic mass is 10.0. The number of rotatable bonds is 8. The van der Waals surface area contributed by atoms with Crippen molar-refractivity contribution in [3.8, 4) is 6.07 Å². The Bertz CT molecular complexity index is 1420. The molecule has 2 aromatic carbocycles. The summed E-state index contributed by atoms with van der Waals surface area (Å²) in [5.41, 5.74) is 9.26. The van der Waals surface area contributed by atoms with Gasteiger partial charge < -0.3 is 9.97 Å². The molecule has 0 fully saturated rings. The van der Waals surface area contributed by atoms with Crippen molar-refractivity contribution in [3.05, 3.63) is 101 Å². The Balaban J connectivity index is 1.39. The number of carbonyl (C=O) groups is 1. The van der Waals surface area contributed by atoms with Gasteiger partial charge in [-0.25, -0.2) is 5.48 Å². The van der Waals surface area contributed by atoms with Gasteiger partial charge in [-0.05, 0) is 59.7 Å². The molecule has 1 aliphatic rings. The van der Waals surface area contributed by atoms with Crippen LogP contribution in [0.4, 0.5) is 0 Å². The third-order valence-corrected chi connectivity index (χ3v) is 6.78. The van der Waals surface area contributed by atoms with Crippen molar-refractivity contribution in [3.63, 3.8) is 0 Å². The third kappa shape index (κ3) is 4.90. The zero-order valence-electron chi connectivity index (χ0n) is 19.3. The first-order valence-corrected chi connectivity index (χ1v) is 11.8. The van der Waals surface area contributed by atoms with Crippen LogP contribution in [-0.2, 0) is 24.2 Å². The number of hydroxylamine groups is 1. The molecule has 4 aromatic rings. The lowest BCUT2D eigenvalue weighted by molar-refractivity contribution is -0.124. The predicted molar refractivity (Wildman–Crippen MR) is 134 cm³/mol. The molecular weight excluding hydrogens is 438 g/mol. The molecule has 5 rings (SSSR count). The molecule has 0 radical (unpaired) electrons. The lowest BCUT2D eigenvalue weighted by Crippen LogP contribution is -2.29. The van der Waals surface area contributed by atoms with E-state index in [4.69, 9.17) is 5.21 Å². The fourth-order valence-corrected chi connectivity index (χ4v) is 5.07. The minimum absolute atomic E-state index is 0.266. The zero-order chi connectivity index (χ0) is 24.2. The Morgan fingerprint density at radius 3 is 2.91 bits per heavy atom. The van der Waals surface area contributed by atoms with Gasteiger partial charge in [-0.2, -0.15) is 5.26 Å². The number of aryl methyl sites for hydroxylation is 1. The molecule has 2 heterocycles. The average molecular weight is 466 g/mol. The number of hydrogen-bond donors (Lipinski definition) is 4. The van der Waals surface area contributed by atoms with Crippen molar-refractivity contribution in [2.24, 2.45) is 0 Å². The summed E-state index contributed by atoms with van der Waals surface area (Å²) in [5.74, 6) is -0.547. The molecule has 1 aliphatic carbocycles. The molecule has 0 saturated carbocycles. The predicted octanol–water partition coefficient (Wildman–Crippen LogP) is 4.62. The number of aromatic amines is 2. The quantitative estimate of drug-likeness (QED) is 0.173. The number of benzene rings is 2. The number of amides is 1. The second kappa shape index (κ2) is 10.0. The summed E-state index contributed by atoms with van der Waals surface area (Å²) in [6.07, 6.45) is 9.78. The maximum absolute atomic E-state index is 11.3. The van der Waals surface area contributed by atoms with Gasteiger partial charge in [0.05, 0.1) is 5.56 Å². The van der Waals surface area contributed by atoms with Gasteiger partial charge in [0, 0.05) is 54.2 Å². The second-order valence-corrected chi connectivity index (χ2v) is 8.93. The van der Waals surface area contributed by atoms with Crippen LogP contribution in [-0.4, -0.2) is 32.5 Å². The summed E-state index contributed by atoms with van der Waals surface area (Å²) < 4.78 is 0. The minimum atomic E-state index is -0.547. The highest BCUT2D eigenvalue weighted by atomic mass is 16.5. The summed E-state index contributed by atoms with van der Waals surface area (Å²) in [4.78, 5) is 20.5. The molecule has 7 nitrogen and oxygen atoms in total. The maximum Gasteiger partial charge on any atom is 0.267 e. The standard InChI is InChI=1S/C28H27N5O2/c29-15-20-14-23(30-16-20)18-33(12-11-22-17-31-26-4-2-1-3-24(22)26)27-9-7-21-13-19(5-8-25(21)27)6-10-28(34)32-35/h1-6,8,10,13-14,16-17,27,30-31,35H,7,9,11-12,18H2,(H,32,34)/b10-6+. The van der Waals surface area contributed by atoms with Crippen LogP contribution in [0.3, 0.4) is 0 Å². The topological polar surface area (TPSA) is 108 Å². The van der Waals surface area contributed by atoms with E-state index in [1.165, 1.54) is 28.2 Å². The molecule has 1 amide bonds. The van der Waals surface area contributed by atoms with E-state index in [1.54, 1.807) is 17.8 Å². The normalized spacial score (nSPS) is 15.1. The van der Waals surface area contributed by atoms with Gasteiger partial charge in [0.2, 0.25) is 0 Å². The molecular formula is C28H27N5O2. The van der Waals surface area contributed by atoms with Gasteiger partial charge in [0.15, 0.2) is 0 Å². The third-order valence-electron chi connectivity index (χ3n) is 6.78. The van der Waals surface area contributed by atoms with Gasteiger partial charge in [-0.15, -0.1) is 0 Å². The summed E-state index contributed by atoms with van der Waals surface area (Å²) >= 11 is 0. The van der Waals surface area contributed by atoms with Crippen LogP contribution in [0.15, 0.2) is 67.0 Å². The highest BCUT2D eigenvalue weighted by Crippen LogP contribution is 2.37. The van der Waals surface area contributed by atoms with Gasteiger partial charge in [0.25, 0.3) is 5.91 Å². The van der Waals surface area contributed by atoms with Crippen LogP contribution in [0.25, 0.3) is 17.0 Å². The van der Waals surface area contributed by atoms with Crippen molar-refractivity contribution < 1.29 is 10.0 Å². The van der Waals surface area contributed by atoms with E-state index in [0.717, 1.165) is 49.1 Å². The smallest absolute Gasteiger partial charge is 0.267 e. The number of nitriles is 1. The molecule has 0 bridgehead atoms. The Morgan fingerprint density at radius 1 is 1.20 bits per heavy atom. The van der Waals surface area contributed by atoms with E-state index in [2.05, 4.69) is 57.5 Å². The Labute approximate surface area is 203 Å². The molecule has 0 saturated heterocycles. The number of aromatic nitrogens is 2. The van der Waals surface area contributed by atoms with E-state index in [-0.39, 0.29) is 6.04 Å². The number of nitrogens with zero attached hydrogens (tertiary/aromatic N) is 2. The molecule has 1 atom stereocenters. The van der Waals surface area contributed by atoms with Gasteiger partial charge in [-0.3, -0.25) is 14.9 Å². The average Bonchev–Trinajstić information content (AvgIpc) is 3.63. The fraction of sp³-hybridized carbons (Fsp3) is 0.214. The van der Waals surface area contributed by atoms with Crippen molar-refractivity contribution >= 4 is 22.9 Å². The molecule has 2 aromatic heterocycles. The van der Waals surface area contributed by atoms with Gasteiger partial charge in [-0.1, -0.05) is 36.4 Å². The molecule has 0 aliphatic heterocycles. The number of H-pyrrole nitrogens is 2. The van der Waals surface area contributed by atoms with Crippen molar-refractivity contribution in [2.75, 3.05) is 6.54 Å². The maximum atomic E-state index is 11.3. The first kappa shape index (κ1) is 22.7. The fourth-order valence-electron chi connectivity index (χ4n) is 5.07. The summed E-state index contributed by atoms with van der Waals surface area (Å²) in [5, 5.41) is 19.2. The van der Waals surface area contributed by atoms with Crippen LogP contribution in [0, 0.1) is 11.3 Å². The van der Waals surface area contributed by atoms with E-state index < -0.39 is 5.91 Å². The highest BCUT2D eigenvalue weighted by molar-refractivity contribution is 5.90. The molecule has 35 heavy (non-hydrogen) atoms. The summed E-state index contributed by atoms with van der Waals surface area (Å²) in [6, 6.07) is 19.1. The summed E-state index contributed by atoms with van der Waals surface area (Å²) in [7, 11) is 0. The van der Waals surface area contributed by atoms with E-state index >= 15 is 0 Å². The van der Waals surface area contributed by atoms with Crippen LogP contribution in [0.2, 0.25) is 0 Å². The second-order valence-electron chi connectivity index (χ2n) is 8.93. The molecule has 176 valence electrons. The Morgan fingerprint density at radius 2 is 2.09 bits per heavy atom. The molecule has 4 N–H and O–H groups in total. The largest absolute Gasteiger partial charge is 0.363 e. The van der Waals surface area contributed by atoms with Crippen molar-refractivity contribution in [1.82, 2.24) is 20.3 Å². The first-order chi connectivity index (χ1) is 17.1. The molecule has 0 spiro atoms. The minimum Gasteiger partial charge on any atom is -0.363 e. The van der Waals surface area contributed by atoms with Crippen molar-refractivity contribution in [1.29, 1.82) is 5.26 Å². The Kier molecular flexibility index (Phi) is 6.49. The summed E-state index contributed by atoms with van der Waals surface area (Å²) in [6.45, 7) is 1.61. The molecule has 7 heteroatoms. The number of carbonyl (C=O) groups excluding carboxylic acids is 1. The number of nitrogens with one attached hydrogen (secondary N) is 3. The van der Waals surface area contributed by atoms with Gasteiger partial charge >= 0.3 is 0 Å². The van der Waals surface area contributed by atoms with Gasteiger partial charge in [0.1, 0.15) is 6.07 Å². The number of para-hydroxylation sites is 1. The monoisotopic (exact) mass is 465 g/mol. The number of fused-ring (bicyclic) bond motifs is 2. The first-order valence-electron chi connectivity index (χ1n) is 11.8. The van der Waals surface area contributed by atoms with E-state index in [1.807, 2.05) is 18.2 Å². The SMILES string of the molecule is N#Cc1c[nH]c(CN(CCc2c[nH]c3ccccc23)C2CCc3cc(/C=C/C(=O)NO)ccc32)c1. The van der Waals surface area contributed by atoms with Crippen LogP contribution < -0.4 is 5.48 Å². The molecule has 1 unspecified atom stereocenters. The highest BCUT2D eigenvalue weighted by Gasteiger charge is 2.28. The number of hydrogen-bond acceptors (Lipinski definition) is 4. The van der Waals surface area contributed by atoms with E-state index in [0.29, 0.717) is 5.56 Å². The van der Waals surface area contributed by atoms with Crippen LogP contribution in [0.5, 0.6) is 0 Å². The lowest BCUT2D eigenvalue weighted by Gasteiger charge is -2.29. The van der Waals surface area contributed by atoms with Crippen molar-refractivity contribution in [2.45, 2.75) is 31.8 Å². The zero-order valence-corrected chi connectivity index (χ0v) is 19.3. The van der Waals surface area contributed by atoms with E-state index in [9.17, 15) is 10.1 Å².